The molecule has 1 aliphatic rings. The molecule has 1 aromatic carbocycles. The number of para-hydroxylation sites is 2. The van der Waals surface area contributed by atoms with E-state index < -0.39 is 0 Å². The molecule has 0 spiro atoms. The van der Waals surface area contributed by atoms with Gasteiger partial charge in [-0.2, -0.15) is 0 Å². The van der Waals surface area contributed by atoms with Crippen LogP contribution in [0.2, 0.25) is 0 Å². The molecule has 1 fully saturated rings. The van der Waals surface area contributed by atoms with Crippen molar-refractivity contribution < 1.29 is 14.6 Å². The van der Waals surface area contributed by atoms with Gasteiger partial charge in [0.25, 0.3) is 0 Å². The highest BCUT2D eigenvalue weighted by Crippen LogP contribution is 2.27. The van der Waals surface area contributed by atoms with Crippen molar-refractivity contribution in [1.29, 1.82) is 0 Å². The van der Waals surface area contributed by atoms with Gasteiger partial charge in [-0.05, 0) is 25.0 Å². The molecule has 0 radical (unpaired) electrons. The Balaban J connectivity index is 0.00000392. The van der Waals surface area contributed by atoms with Gasteiger partial charge in [0.15, 0.2) is 5.96 Å². The number of guanidine groups is 1. The Kier molecular flexibility index (Phi) is 11.7. The highest BCUT2D eigenvalue weighted by molar-refractivity contribution is 14.0. The molecule has 0 saturated carbocycles. The number of aromatic hydroxyl groups is 1. The number of carbonyl (C=O) groups excluding carboxylic acids is 1. The quantitative estimate of drug-likeness (QED) is 0.187. The van der Waals surface area contributed by atoms with Crippen LogP contribution in [0.3, 0.4) is 0 Å². The summed E-state index contributed by atoms with van der Waals surface area (Å²) in [4.78, 5) is 19.9. The van der Waals surface area contributed by atoms with Crippen LogP contribution < -0.4 is 10.2 Å². The molecule has 1 aliphatic heterocycles. The Hall–Kier alpha value is -1.71. The van der Waals surface area contributed by atoms with Gasteiger partial charge in [-0.25, -0.2) is 0 Å². The van der Waals surface area contributed by atoms with Crippen molar-refractivity contribution in [3.8, 4) is 5.75 Å². The third kappa shape index (κ3) is 7.73. The SMILES string of the molecule is CN=C(NCCCCCCC(=O)OC)N1CCN(c2ccccc2O)CC1.I. The Bertz CT molecular complexity index is 619. The van der Waals surface area contributed by atoms with Crippen LogP contribution in [0.5, 0.6) is 5.75 Å². The molecule has 28 heavy (non-hydrogen) atoms. The average molecular weight is 504 g/mol. The summed E-state index contributed by atoms with van der Waals surface area (Å²) in [5, 5.41) is 13.4. The van der Waals surface area contributed by atoms with Gasteiger partial charge in [0.05, 0.1) is 12.8 Å². The molecule has 0 bridgehead atoms. The number of rotatable bonds is 8. The molecule has 0 aromatic heterocycles. The molecule has 8 heteroatoms. The Morgan fingerprint density at radius 2 is 1.82 bits per heavy atom. The van der Waals surface area contributed by atoms with Gasteiger partial charge in [0, 0.05) is 46.2 Å². The first-order valence-electron chi connectivity index (χ1n) is 9.71. The predicted molar refractivity (Wildman–Crippen MR) is 124 cm³/mol. The van der Waals surface area contributed by atoms with E-state index in [1.165, 1.54) is 7.11 Å². The van der Waals surface area contributed by atoms with Crippen LogP contribution in [0.25, 0.3) is 0 Å². The van der Waals surface area contributed by atoms with Crippen LogP contribution in [0.4, 0.5) is 5.69 Å². The summed E-state index contributed by atoms with van der Waals surface area (Å²) < 4.78 is 4.64. The van der Waals surface area contributed by atoms with Gasteiger partial charge in [-0.3, -0.25) is 9.79 Å². The fourth-order valence-electron chi connectivity index (χ4n) is 3.27. The standard InChI is InChI=1S/C20H32N4O3.HI/c1-21-20(22-12-8-4-3-5-11-19(26)27-2)24-15-13-23(14-16-24)17-9-6-7-10-18(17)25;/h6-7,9-10,25H,3-5,8,11-16H2,1-2H3,(H,21,22);1H. The number of esters is 1. The molecular weight excluding hydrogens is 471 g/mol. The monoisotopic (exact) mass is 504 g/mol. The molecule has 0 amide bonds. The minimum atomic E-state index is -0.128. The van der Waals surface area contributed by atoms with Crippen LogP contribution in [-0.2, 0) is 9.53 Å². The summed E-state index contributed by atoms with van der Waals surface area (Å²) in [6, 6.07) is 7.48. The van der Waals surface area contributed by atoms with Gasteiger partial charge in [-0.1, -0.05) is 25.0 Å². The van der Waals surface area contributed by atoms with Crippen LogP contribution in [0, 0.1) is 0 Å². The number of benzene rings is 1. The van der Waals surface area contributed by atoms with Gasteiger partial charge in [0.1, 0.15) is 5.75 Å². The molecule has 0 aliphatic carbocycles. The van der Waals surface area contributed by atoms with Gasteiger partial charge in [-0.15, -0.1) is 24.0 Å². The van der Waals surface area contributed by atoms with Gasteiger partial charge in [0.2, 0.25) is 0 Å². The first-order valence-corrected chi connectivity index (χ1v) is 9.71. The second-order valence-electron chi connectivity index (χ2n) is 6.68. The first kappa shape index (κ1) is 24.3. The van der Waals surface area contributed by atoms with Crippen LogP contribution in [-0.4, -0.2) is 68.8 Å². The molecule has 7 nitrogen and oxygen atoms in total. The topological polar surface area (TPSA) is 77.4 Å². The number of nitrogens with zero attached hydrogens (tertiary/aromatic N) is 3. The second-order valence-corrected chi connectivity index (χ2v) is 6.68. The lowest BCUT2D eigenvalue weighted by Gasteiger charge is -2.37. The molecule has 2 N–H and O–H groups in total. The molecule has 1 heterocycles. The smallest absolute Gasteiger partial charge is 0.305 e. The number of anilines is 1. The molecule has 2 rings (SSSR count). The zero-order valence-corrected chi connectivity index (χ0v) is 19.2. The Labute approximate surface area is 185 Å². The number of nitrogens with one attached hydrogen (secondary N) is 1. The summed E-state index contributed by atoms with van der Waals surface area (Å²) in [5.41, 5.74) is 0.895. The van der Waals surface area contributed by atoms with Gasteiger partial charge < -0.3 is 25.0 Å². The summed E-state index contributed by atoms with van der Waals surface area (Å²) in [6.07, 6.45) is 4.57. The number of phenolic OH excluding ortho intramolecular Hbond substituents is 1. The highest BCUT2D eigenvalue weighted by atomic mass is 127. The molecule has 0 unspecified atom stereocenters. The number of halogens is 1. The van der Waals surface area contributed by atoms with E-state index >= 15 is 0 Å². The predicted octanol–water partition coefficient (Wildman–Crippen LogP) is 2.83. The number of hydrogen-bond acceptors (Lipinski definition) is 5. The van der Waals surface area contributed by atoms with E-state index in [9.17, 15) is 9.90 Å². The van der Waals surface area contributed by atoms with Crippen molar-refractivity contribution in [2.75, 3.05) is 51.8 Å². The fourth-order valence-corrected chi connectivity index (χ4v) is 3.27. The van der Waals surface area contributed by atoms with Gasteiger partial charge >= 0.3 is 5.97 Å². The zero-order chi connectivity index (χ0) is 19.5. The number of phenols is 1. The minimum Gasteiger partial charge on any atom is -0.506 e. The summed E-state index contributed by atoms with van der Waals surface area (Å²) in [6.45, 7) is 4.32. The first-order chi connectivity index (χ1) is 13.2. The van der Waals surface area contributed by atoms with Crippen molar-refractivity contribution in [3.05, 3.63) is 24.3 Å². The maximum Gasteiger partial charge on any atom is 0.305 e. The Morgan fingerprint density at radius 1 is 1.14 bits per heavy atom. The Morgan fingerprint density at radius 3 is 2.46 bits per heavy atom. The number of carbonyl (C=O) groups is 1. The van der Waals surface area contributed by atoms with Crippen molar-refractivity contribution in [2.24, 2.45) is 4.99 Å². The molecule has 1 aromatic rings. The zero-order valence-electron chi connectivity index (χ0n) is 16.9. The average Bonchev–Trinajstić information content (AvgIpc) is 2.70. The minimum absolute atomic E-state index is 0. The number of aliphatic imine (C=N–C) groups is 1. The number of methoxy groups -OCH3 is 1. The van der Waals surface area contributed by atoms with Crippen LogP contribution in [0.15, 0.2) is 29.3 Å². The second kappa shape index (κ2) is 13.5. The lowest BCUT2D eigenvalue weighted by molar-refractivity contribution is -0.140. The van der Waals surface area contributed by atoms with Crippen molar-refractivity contribution in [3.63, 3.8) is 0 Å². The maximum absolute atomic E-state index is 11.1. The lowest BCUT2D eigenvalue weighted by atomic mass is 10.1. The largest absolute Gasteiger partial charge is 0.506 e. The molecule has 158 valence electrons. The van der Waals surface area contributed by atoms with E-state index in [-0.39, 0.29) is 29.9 Å². The summed E-state index contributed by atoms with van der Waals surface area (Å²) in [5.74, 6) is 1.14. The molecule has 0 atom stereocenters. The molecule has 1 saturated heterocycles. The number of hydrogen-bond donors (Lipinski definition) is 2. The van der Waals surface area contributed by atoms with Crippen LogP contribution in [0.1, 0.15) is 32.1 Å². The van der Waals surface area contributed by atoms with Crippen molar-refractivity contribution >= 4 is 41.6 Å². The van der Waals surface area contributed by atoms with Crippen molar-refractivity contribution in [1.82, 2.24) is 10.2 Å². The van der Waals surface area contributed by atoms with E-state index in [1.54, 1.807) is 6.07 Å². The number of piperazine rings is 1. The third-order valence-corrected chi connectivity index (χ3v) is 4.83. The third-order valence-electron chi connectivity index (χ3n) is 4.83. The number of unbranched alkanes of at least 4 members (excludes halogenated alkanes) is 3. The van der Waals surface area contributed by atoms with E-state index in [2.05, 4.69) is 24.8 Å². The highest BCUT2D eigenvalue weighted by Gasteiger charge is 2.21. The maximum atomic E-state index is 11.1. The summed E-state index contributed by atoms with van der Waals surface area (Å²) in [7, 11) is 3.24. The van der Waals surface area contributed by atoms with Crippen LogP contribution >= 0.6 is 24.0 Å². The molecular formula is C20H33IN4O3. The van der Waals surface area contributed by atoms with E-state index in [4.69, 9.17) is 0 Å². The summed E-state index contributed by atoms with van der Waals surface area (Å²) >= 11 is 0. The lowest BCUT2D eigenvalue weighted by Crippen LogP contribution is -2.52. The fraction of sp³-hybridized carbons (Fsp3) is 0.600. The van der Waals surface area contributed by atoms with E-state index in [1.807, 2.05) is 25.2 Å². The normalized spacial score (nSPS) is 14.4. The van der Waals surface area contributed by atoms with Crippen molar-refractivity contribution in [2.45, 2.75) is 32.1 Å². The van der Waals surface area contributed by atoms with E-state index in [0.717, 1.165) is 70.1 Å². The number of ether oxygens (including phenoxy) is 1. The van der Waals surface area contributed by atoms with E-state index in [0.29, 0.717) is 12.2 Å².